The van der Waals surface area contributed by atoms with Gasteiger partial charge in [0.2, 0.25) is 0 Å². The molecule has 6 rings (SSSR count). The van der Waals surface area contributed by atoms with E-state index in [0.717, 1.165) is 63.4 Å². The minimum atomic E-state index is -0.427. The number of hydrogen-bond acceptors (Lipinski definition) is 4. The fourth-order valence-corrected chi connectivity index (χ4v) is 11.8. The van der Waals surface area contributed by atoms with E-state index in [9.17, 15) is 15.0 Å². The third-order valence-electron chi connectivity index (χ3n) is 14.7. The van der Waals surface area contributed by atoms with Crippen molar-refractivity contribution >= 4 is 12.0 Å². The van der Waals surface area contributed by atoms with Crippen LogP contribution in [0.3, 0.4) is 0 Å². The fourth-order valence-electron chi connectivity index (χ4n) is 11.8. The first-order chi connectivity index (χ1) is 20.1. The van der Waals surface area contributed by atoms with E-state index >= 15 is 0 Å². The van der Waals surface area contributed by atoms with Crippen molar-refractivity contribution in [2.24, 2.45) is 50.2 Å². The quantitative estimate of drug-likeness (QED) is 0.211. The van der Waals surface area contributed by atoms with E-state index in [4.69, 9.17) is 4.74 Å². The van der Waals surface area contributed by atoms with Gasteiger partial charge in [-0.3, -0.25) is 0 Å². The average Bonchev–Trinajstić information content (AvgIpc) is 2.96. The van der Waals surface area contributed by atoms with Crippen molar-refractivity contribution < 1.29 is 19.7 Å². The smallest absolute Gasteiger partial charge is 0.331 e. The molecule has 43 heavy (non-hydrogen) atoms. The molecule has 4 saturated carbocycles. The number of benzene rings is 1. The molecular formula is C39H56O4. The number of allylic oxidation sites excluding steroid dienone is 2. The van der Waals surface area contributed by atoms with Crippen LogP contribution >= 0.6 is 0 Å². The number of hydrogen-bond donors (Lipinski definition) is 2. The Bertz CT molecular complexity index is 1300. The second-order valence-electron chi connectivity index (χ2n) is 17.3. The molecule has 0 spiro atoms. The number of aliphatic hydroxyl groups is 2. The zero-order chi connectivity index (χ0) is 31.1. The summed E-state index contributed by atoms with van der Waals surface area (Å²) in [4.78, 5) is 13.2. The van der Waals surface area contributed by atoms with E-state index in [1.54, 1.807) is 11.6 Å². The van der Waals surface area contributed by atoms with Crippen LogP contribution in [0.1, 0.15) is 112 Å². The second kappa shape index (κ2) is 10.3. The highest BCUT2D eigenvalue weighted by molar-refractivity contribution is 5.87. The molecule has 1 unspecified atom stereocenters. The summed E-state index contributed by atoms with van der Waals surface area (Å²) in [5.74, 6) is 1.02. The van der Waals surface area contributed by atoms with Gasteiger partial charge in [0.05, 0.1) is 12.7 Å². The van der Waals surface area contributed by atoms with Crippen LogP contribution in [0.5, 0.6) is 0 Å². The number of carbonyl (C=O) groups excluding carboxylic acids is 1. The van der Waals surface area contributed by atoms with E-state index in [1.165, 1.54) is 0 Å². The standard InChI is InChI=1S/C39H56O4/c1-34(2)23-28-27-14-15-30-36(4)19-18-31(41)37(5,25-40)29(36)17-20-39(30,7)38(27,6)22-21-35(28,3)32(24-34)43-33(42)16-13-26-11-9-8-10-12-26/h8-14,16,28-32,40-41H,15,17-25H2,1-7H3/t28-,29?,30-,31+,32-,35-,36+,37+,38-,39-/m1/s1. The number of ether oxygens (including phenoxy) is 1. The molecule has 1 aromatic carbocycles. The van der Waals surface area contributed by atoms with Crippen LogP contribution in [0.25, 0.3) is 6.08 Å². The molecule has 2 N–H and O–H groups in total. The average molecular weight is 589 g/mol. The lowest BCUT2D eigenvalue weighted by atomic mass is 9.33. The normalized spacial score (nSPS) is 47.0. The minimum Gasteiger partial charge on any atom is -0.459 e. The highest BCUT2D eigenvalue weighted by Gasteiger charge is 2.69. The van der Waals surface area contributed by atoms with E-state index < -0.39 is 11.5 Å². The number of fused-ring (bicyclic) bond motifs is 7. The monoisotopic (exact) mass is 588 g/mol. The van der Waals surface area contributed by atoms with Crippen LogP contribution < -0.4 is 0 Å². The van der Waals surface area contributed by atoms with Crippen LogP contribution in [0.2, 0.25) is 0 Å². The molecule has 0 aliphatic heterocycles. The molecule has 4 fully saturated rings. The van der Waals surface area contributed by atoms with Gasteiger partial charge < -0.3 is 14.9 Å². The number of esters is 1. The van der Waals surface area contributed by atoms with Gasteiger partial charge in [-0.1, -0.05) is 90.4 Å². The molecular weight excluding hydrogens is 532 g/mol. The molecule has 10 atom stereocenters. The van der Waals surface area contributed by atoms with Crippen molar-refractivity contribution in [1.82, 2.24) is 0 Å². The van der Waals surface area contributed by atoms with Crippen molar-refractivity contribution in [3.63, 3.8) is 0 Å². The fraction of sp³-hybridized carbons (Fsp3) is 0.718. The Hall–Kier alpha value is -1.91. The molecule has 4 nitrogen and oxygen atoms in total. The van der Waals surface area contributed by atoms with E-state index in [2.05, 4.69) is 54.5 Å². The molecule has 0 bridgehead atoms. The SMILES string of the molecule is CC1(C)C[C@@H]2C3=CC[C@@H]4[C@@]5(C)CC[C@H](O)[C@@](C)(CO)C5CC[C@@]4(C)[C@]3(C)CC[C@@]2(C)[C@H](OC(=O)C=Cc2ccccc2)C1. The summed E-state index contributed by atoms with van der Waals surface area (Å²) >= 11 is 0. The molecule has 236 valence electrons. The molecule has 0 heterocycles. The van der Waals surface area contributed by atoms with E-state index in [-0.39, 0.29) is 45.8 Å². The largest absolute Gasteiger partial charge is 0.459 e. The van der Waals surface area contributed by atoms with Gasteiger partial charge in [-0.05, 0) is 109 Å². The first-order valence-electron chi connectivity index (χ1n) is 17.1. The second-order valence-corrected chi connectivity index (χ2v) is 17.3. The molecule has 5 aliphatic carbocycles. The minimum absolute atomic E-state index is 0.0619. The van der Waals surface area contributed by atoms with Gasteiger partial charge in [-0.15, -0.1) is 0 Å². The lowest BCUT2D eigenvalue weighted by Crippen LogP contribution is -2.66. The summed E-state index contributed by atoms with van der Waals surface area (Å²) in [5, 5.41) is 21.6. The summed E-state index contributed by atoms with van der Waals surface area (Å²) in [5.41, 5.74) is 2.58. The Morgan fingerprint density at radius 3 is 2.33 bits per heavy atom. The Morgan fingerprint density at radius 2 is 1.63 bits per heavy atom. The van der Waals surface area contributed by atoms with Crippen LogP contribution in [0, 0.1) is 50.2 Å². The zero-order valence-electron chi connectivity index (χ0n) is 27.8. The van der Waals surface area contributed by atoms with Crippen molar-refractivity contribution in [3.8, 4) is 0 Å². The Labute approximate surface area is 260 Å². The Kier molecular flexibility index (Phi) is 7.45. The van der Waals surface area contributed by atoms with Crippen molar-refractivity contribution in [1.29, 1.82) is 0 Å². The maximum atomic E-state index is 13.2. The van der Waals surface area contributed by atoms with Gasteiger partial charge in [-0.25, -0.2) is 4.79 Å². The maximum Gasteiger partial charge on any atom is 0.331 e. The zero-order valence-corrected chi connectivity index (χ0v) is 27.8. The van der Waals surface area contributed by atoms with Crippen LogP contribution in [-0.2, 0) is 9.53 Å². The lowest BCUT2D eigenvalue weighted by Gasteiger charge is -2.71. The van der Waals surface area contributed by atoms with E-state index in [0.29, 0.717) is 17.8 Å². The number of rotatable bonds is 4. The van der Waals surface area contributed by atoms with Gasteiger partial charge >= 0.3 is 5.97 Å². The molecule has 5 aliphatic rings. The maximum absolute atomic E-state index is 13.2. The molecule has 0 saturated heterocycles. The topological polar surface area (TPSA) is 66.8 Å². The third kappa shape index (κ3) is 4.55. The summed E-state index contributed by atoms with van der Waals surface area (Å²) in [7, 11) is 0. The van der Waals surface area contributed by atoms with Gasteiger partial charge in [0, 0.05) is 16.9 Å². The van der Waals surface area contributed by atoms with Crippen LogP contribution in [-0.4, -0.2) is 35.0 Å². The van der Waals surface area contributed by atoms with Crippen molar-refractivity contribution in [2.45, 2.75) is 118 Å². The molecule has 0 amide bonds. The first kappa shape index (κ1) is 31.1. The number of aliphatic hydroxyl groups excluding tert-OH is 2. The first-order valence-corrected chi connectivity index (χ1v) is 17.1. The van der Waals surface area contributed by atoms with Crippen molar-refractivity contribution in [2.75, 3.05) is 6.61 Å². The highest BCUT2D eigenvalue weighted by Crippen LogP contribution is 2.75. The Balaban J connectivity index is 1.32. The summed E-state index contributed by atoms with van der Waals surface area (Å²) in [6, 6.07) is 9.96. The Morgan fingerprint density at radius 1 is 0.907 bits per heavy atom. The van der Waals surface area contributed by atoms with Crippen LogP contribution in [0.15, 0.2) is 48.1 Å². The third-order valence-corrected chi connectivity index (χ3v) is 14.7. The summed E-state index contributed by atoms with van der Waals surface area (Å²) in [6.45, 7) is 17.0. The summed E-state index contributed by atoms with van der Waals surface area (Å²) in [6.07, 6.45) is 14.9. The van der Waals surface area contributed by atoms with Crippen LogP contribution in [0.4, 0.5) is 0 Å². The molecule has 0 radical (unpaired) electrons. The van der Waals surface area contributed by atoms with Gasteiger partial charge in [0.15, 0.2) is 0 Å². The predicted molar refractivity (Wildman–Crippen MR) is 173 cm³/mol. The van der Waals surface area contributed by atoms with Crippen molar-refractivity contribution in [3.05, 3.63) is 53.6 Å². The van der Waals surface area contributed by atoms with Gasteiger partial charge in [-0.2, -0.15) is 0 Å². The molecule has 0 aromatic heterocycles. The van der Waals surface area contributed by atoms with Gasteiger partial charge in [0.25, 0.3) is 0 Å². The van der Waals surface area contributed by atoms with Gasteiger partial charge in [0.1, 0.15) is 6.10 Å². The molecule has 4 heteroatoms. The highest BCUT2D eigenvalue weighted by atomic mass is 16.5. The number of carbonyl (C=O) groups is 1. The predicted octanol–water partition coefficient (Wildman–Crippen LogP) is 8.38. The summed E-state index contributed by atoms with van der Waals surface area (Å²) < 4.78 is 6.40. The van der Waals surface area contributed by atoms with E-state index in [1.807, 2.05) is 36.4 Å². The lowest BCUT2D eigenvalue weighted by molar-refractivity contribution is -0.219. The molecule has 1 aromatic rings.